The number of methoxy groups -OCH3 is 1. The Morgan fingerprint density at radius 2 is 1.72 bits per heavy atom. The monoisotopic (exact) mass is 542 g/mol. The zero-order valence-electron chi connectivity index (χ0n) is 22.2. The van der Waals surface area contributed by atoms with Gasteiger partial charge in [0, 0.05) is 24.7 Å². The van der Waals surface area contributed by atoms with Crippen LogP contribution < -0.4 is 0 Å². The van der Waals surface area contributed by atoms with E-state index in [9.17, 15) is 18.0 Å². The highest BCUT2D eigenvalue weighted by Crippen LogP contribution is 2.43. The number of benzene rings is 1. The highest BCUT2D eigenvalue weighted by molar-refractivity contribution is 5.83. The Morgan fingerprint density at radius 1 is 1.00 bits per heavy atom. The Bertz CT molecular complexity index is 1240. The molecule has 8 heteroatoms. The smallest absolute Gasteiger partial charge is 0.432 e. The average molecular weight is 543 g/mol. The van der Waals surface area contributed by atoms with Crippen molar-refractivity contribution in [2.24, 2.45) is 0 Å². The van der Waals surface area contributed by atoms with Crippen molar-refractivity contribution in [1.29, 1.82) is 0 Å². The van der Waals surface area contributed by atoms with Gasteiger partial charge in [0.2, 0.25) is 0 Å². The quantitative estimate of drug-likeness (QED) is 0.161. The zero-order valence-corrected chi connectivity index (χ0v) is 22.2. The molecule has 0 bridgehead atoms. The van der Waals surface area contributed by atoms with E-state index in [0.717, 1.165) is 35.8 Å². The van der Waals surface area contributed by atoms with Gasteiger partial charge in [0.1, 0.15) is 6.10 Å². The topological polar surface area (TPSA) is 61.8 Å². The maximum atomic E-state index is 14.4. The predicted octanol–water partition coefficient (Wildman–Crippen LogP) is 8.21. The minimum atomic E-state index is -5.05. The van der Waals surface area contributed by atoms with Crippen molar-refractivity contribution in [2.45, 2.75) is 57.4 Å². The first-order valence-corrected chi connectivity index (χ1v) is 12.6. The van der Waals surface area contributed by atoms with Crippen LogP contribution in [0.4, 0.5) is 13.2 Å². The molecule has 1 aromatic carbocycles. The lowest BCUT2D eigenvalue weighted by atomic mass is 9.92. The molecule has 0 aliphatic carbocycles. The first-order valence-electron chi connectivity index (χ1n) is 12.6. The van der Waals surface area contributed by atoms with Gasteiger partial charge in [-0.3, -0.25) is 0 Å². The van der Waals surface area contributed by atoms with Crippen molar-refractivity contribution in [3.8, 4) is 0 Å². The van der Waals surface area contributed by atoms with Gasteiger partial charge in [-0.1, -0.05) is 59.7 Å². The second-order valence-electron chi connectivity index (χ2n) is 9.29. The summed E-state index contributed by atoms with van der Waals surface area (Å²) in [6.07, 6.45) is 10.1. The third-order valence-corrected chi connectivity index (χ3v) is 6.22. The molecule has 3 aromatic rings. The van der Waals surface area contributed by atoms with Crippen LogP contribution in [0.15, 0.2) is 106 Å². The lowest BCUT2D eigenvalue weighted by Gasteiger charge is -2.33. The lowest BCUT2D eigenvalue weighted by molar-refractivity contribution is -0.277. The van der Waals surface area contributed by atoms with E-state index in [0.29, 0.717) is 12.8 Å². The Balaban J connectivity index is 1.84. The minimum Gasteiger partial charge on any atom is -0.472 e. The molecule has 0 N–H and O–H groups in total. The summed E-state index contributed by atoms with van der Waals surface area (Å²) in [6.45, 7) is 3.70. The summed E-state index contributed by atoms with van der Waals surface area (Å²) in [7, 11) is 0.861. The number of carbonyl (C=O) groups excluding carboxylic acids is 1. The molecule has 2 aromatic heterocycles. The van der Waals surface area contributed by atoms with Crippen LogP contribution in [-0.4, -0.2) is 25.4 Å². The summed E-state index contributed by atoms with van der Waals surface area (Å²) in [6, 6.07) is 10.5. The summed E-state index contributed by atoms with van der Waals surface area (Å²) in [5.74, 6) is -1.52. The number of furan rings is 2. The molecule has 5 nitrogen and oxygen atoms in total. The minimum absolute atomic E-state index is 0.229. The molecule has 0 aliphatic rings. The number of esters is 1. The van der Waals surface area contributed by atoms with E-state index >= 15 is 0 Å². The molecule has 0 saturated heterocycles. The van der Waals surface area contributed by atoms with Gasteiger partial charge in [-0.05, 0) is 56.9 Å². The van der Waals surface area contributed by atoms with E-state index in [1.165, 1.54) is 24.3 Å². The van der Waals surface area contributed by atoms with Crippen molar-refractivity contribution in [1.82, 2.24) is 0 Å². The van der Waals surface area contributed by atoms with Gasteiger partial charge in [-0.25, -0.2) is 4.79 Å². The molecule has 0 radical (unpaired) electrons. The van der Waals surface area contributed by atoms with Gasteiger partial charge in [0.05, 0.1) is 25.1 Å². The zero-order chi connectivity index (χ0) is 28.3. The highest BCUT2D eigenvalue weighted by atomic mass is 19.4. The van der Waals surface area contributed by atoms with Crippen molar-refractivity contribution in [2.75, 3.05) is 7.11 Å². The maximum Gasteiger partial charge on any atom is 0.432 e. The molecule has 0 unspecified atom stereocenters. The first kappa shape index (κ1) is 29.8. The van der Waals surface area contributed by atoms with Gasteiger partial charge in [0.15, 0.2) is 0 Å². The Hall–Kier alpha value is -3.78. The molecule has 0 aliphatic heterocycles. The molecule has 2 atom stereocenters. The summed E-state index contributed by atoms with van der Waals surface area (Å²) in [5.41, 5.74) is 0.0338. The lowest BCUT2D eigenvalue weighted by Crippen LogP contribution is -2.52. The number of carbonyl (C=O) groups is 1. The van der Waals surface area contributed by atoms with Crippen LogP contribution in [0.2, 0.25) is 0 Å². The summed E-state index contributed by atoms with van der Waals surface area (Å²) in [5, 5.41) is 0. The standard InChI is InChI=1S/C31H33F3O5/c1-23(9-7-11-25-15-17-37-21-25)19-28(20-24(2)10-8-12-26-16-18-38-22-26)39-29(35)30(36-3,31(32,33)34)27-13-5-4-6-14-27/h4-7,10-11,13-19,21-22,28H,8-9,12,20H2,1-3H3/b11-7+,23-19+,24-10+/t28-,30-/m1/s1. The van der Waals surface area contributed by atoms with Crippen molar-refractivity contribution in [3.05, 3.63) is 114 Å². The third-order valence-electron chi connectivity index (χ3n) is 6.22. The van der Waals surface area contributed by atoms with Gasteiger partial charge in [-0.15, -0.1) is 0 Å². The first-order chi connectivity index (χ1) is 18.7. The van der Waals surface area contributed by atoms with Crippen LogP contribution in [0.25, 0.3) is 6.08 Å². The maximum absolute atomic E-state index is 14.4. The highest BCUT2D eigenvalue weighted by Gasteiger charge is 2.64. The average Bonchev–Trinajstić information content (AvgIpc) is 3.59. The number of aryl methyl sites for hydroxylation is 1. The third kappa shape index (κ3) is 8.10. The fourth-order valence-corrected chi connectivity index (χ4v) is 4.20. The van der Waals surface area contributed by atoms with Gasteiger partial charge in [-0.2, -0.15) is 13.2 Å². The second kappa shape index (κ2) is 13.8. The molecule has 3 rings (SSSR count). The number of rotatable bonds is 13. The number of hydrogen-bond donors (Lipinski definition) is 0. The van der Waals surface area contributed by atoms with Crippen LogP contribution in [0.3, 0.4) is 0 Å². The summed E-state index contributed by atoms with van der Waals surface area (Å²) >= 11 is 0. The molecule has 0 amide bonds. The molecule has 0 spiro atoms. The van der Waals surface area contributed by atoms with E-state index < -0.39 is 23.9 Å². The van der Waals surface area contributed by atoms with Crippen molar-refractivity contribution >= 4 is 12.0 Å². The van der Waals surface area contributed by atoms with Crippen molar-refractivity contribution in [3.63, 3.8) is 0 Å². The largest absolute Gasteiger partial charge is 0.472 e. The molecule has 0 saturated carbocycles. The van der Waals surface area contributed by atoms with E-state index in [1.807, 2.05) is 44.2 Å². The second-order valence-corrected chi connectivity index (χ2v) is 9.29. The summed E-state index contributed by atoms with van der Waals surface area (Å²) < 4.78 is 63.9. The van der Waals surface area contributed by atoms with Crippen LogP contribution in [0.1, 0.15) is 49.8 Å². The molecule has 39 heavy (non-hydrogen) atoms. The molecule has 0 fully saturated rings. The number of allylic oxidation sites excluding steroid dienone is 3. The van der Waals surface area contributed by atoms with Gasteiger partial charge >= 0.3 is 12.1 Å². The Labute approximate surface area is 226 Å². The Kier molecular flexibility index (Phi) is 10.6. The predicted molar refractivity (Wildman–Crippen MR) is 143 cm³/mol. The van der Waals surface area contributed by atoms with Crippen LogP contribution in [-0.2, 0) is 26.3 Å². The number of ether oxygens (including phenoxy) is 2. The van der Waals surface area contributed by atoms with E-state index in [2.05, 4.69) is 0 Å². The number of alkyl halides is 3. The fraction of sp³-hybridized carbons (Fsp3) is 0.323. The van der Waals surface area contributed by atoms with Crippen LogP contribution in [0, 0.1) is 0 Å². The normalized spacial score (nSPS) is 15.3. The fourth-order valence-electron chi connectivity index (χ4n) is 4.20. The molecular weight excluding hydrogens is 509 g/mol. The Morgan fingerprint density at radius 3 is 2.33 bits per heavy atom. The van der Waals surface area contributed by atoms with Crippen LogP contribution in [0.5, 0.6) is 0 Å². The SMILES string of the molecule is CO[C@@](C(=O)O[C@H](/C=C(\C)C/C=C/c1ccoc1)C/C(C)=C/CCc1ccoc1)(c1ccccc1)C(F)(F)F. The number of hydrogen-bond acceptors (Lipinski definition) is 5. The molecule has 2 heterocycles. The van der Waals surface area contributed by atoms with E-state index in [1.54, 1.807) is 37.2 Å². The summed E-state index contributed by atoms with van der Waals surface area (Å²) in [4.78, 5) is 13.3. The van der Waals surface area contributed by atoms with Gasteiger partial charge < -0.3 is 18.3 Å². The molecule has 208 valence electrons. The van der Waals surface area contributed by atoms with Gasteiger partial charge in [0.25, 0.3) is 5.60 Å². The number of halogens is 3. The molecular formula is C31H33F3O5. The van der Waals surface area contributed by atoms with Crippen LogP contribution >= 0.6 is 0 Å². The van der Waals surface area contributed by atoms with Crippen molar-refractivity contribution < 1.29 is 36.3 Å². The van der Waals surface area contributed by atoms with E-state index in [-0.39, 0.29) is 12.0 Å². The van der Waals surface area contributed by atoms with E-state index in [4.69, 9.17) is 18.3 Å².